The van der Waals surface area contributed by atoms with Gasteiger partial charge in [0, 0.05) is 5.97 Å². The zero-order valence-electron chi connectivity index (χ0n) is 32.2. The number of carboxylic acid groups (broad SMARTS) is 1. The van der Waals surface area contributed by atoms with Crippen molar-refractivity contribution in [3.8, 4) is 0 Å². The minimum atomic E-state index is -0.803. The van der Waals surface area contributed by atoms with E-state index in [9.17, 15) is 9.90 Å². The van der Waals surface area contributed by atoms with Crippen LogP contribution in [0.4, 0.5) is 0 Å². The van der Waals surface area contributed by atoms with Crippen LogP contribution in [0.5, 0.6) is 0 Å². The lowest BCUT2D eigenvalue weighted by atomic mass is 9.94. The number of carbonyl (C=O) groups is 1. The Hall–Kier alpha value is -0.530. The number of rotatable bonds is 41. The SMILES string of the molecule is CCCCCCCCCCCCCCCCCCCCCCCCCCCCC(CCCCCCCCCCCCCC)C(=O)[O-]. The van der Waals surface area contributed by atoms with E-state index in [0.29, 0.717) is 0 Å². The minimum Gasteiger partial charge on any atom is -0.550 e. The van der Waals surface area contributed by atoms with Crippen LogP contribution in [0.15, 0.2) is 0 Å². The average Bonchev–Trinajstić information content (AvgIpc) is 3.05. The Bertz CT molecular complexity index is 558. The normalized spacial score (nSPS) is 12.2. The molecule has 0 radical (unpaired) electrons. The molecule has 0 saturated carbocycles. The Labute approximate surface area is 291 Å². The van der Waals surface area contributed by atoms with Gasteiger partial charge in [-0.25, -0.2) is 0 Å². The first-order valence-electron chi connectivity index (χ1n) is 21.9. The maximum atomic E-state index is 11.6. The Balaban J connectivity index is 3.30. The molecule has 0 aliphatic rings. The molecule has 1 atom stereocenters. The summed E-state index contributed by atoms with van der Waals surface area (Å²) >= 11 is 0. The molecule has 0 heterocycles. The van der Waals surface area contributed by atoms with Gasteiger partial charge in [0.2, 0.25) is 0 Å². The fourth-order valence-electron chi connectivity index (χ4n) is 7.32. The Morgan fingerprint density at radius 3 is 0.609 bits per heavy atom. The number of hydrogen-bond acceptors (Lipinski definition) is 2. The van der Waals surface area contributed by atoms with E-state index in [-0.39, 0.29) is 5.92 Å². The van der Waals surface area contributed by atoms with E-state index in [0.717, 1.165) is 25.7 Å². The van der Waals surface area contributed by atoms with Crippen LogP contribution in [-0.2, 0) is 4.79 Å². The van der Waals surface area contributed by atoms with Crippen molar-refractivity contribution in [2.24, 2.45) is 5.92 Å². The van der Waals surface area contributed by atoms with E-state index in [4.69, 9.17) is 0 Å². The molecule has 2 nitrogen and oxygen atoms in total. The fraction of sp³-hybridized carbons (Fsp3) is 0.977. The molecule has 0 aliphatic heterocycles. The third-order valence-electron chi connectivity index (χ3n) is 10.6. The summed E-state index contributed by atoms with van der Waals surface area (Å²) in [5, 5.41) is 11.6. The van der Waals surface area contributed by atoms with Crippen LogP contribution >= 0.6 is 0 Å². The summed E-state index contributed by atoms with van der Waals surface area (Å²) in [6.07, 6.45) is 54.2. The third kappa shape index (κ3) is 37.9. The summed E-state index contributed by atoms with van der Waals surface area (Å²) in [4.78, 5) is 11.6. The second kappa shape index (κ2) is 40.6. The van der Waals surface area contributed by atoms with Crippen molar-refractivity contribution in [2.45, 2.75) is 271 Å². The van der Waals surface area contributed by atoms with Crippen LogP contribution in [0.3, 0.4) is 0 Å². The third-order valence-corrected chi connectivity index (χ3v) is 10.6. The average molecular weight is 648 g/mol. The van der Waals surface area contributed by atoms with Crippen LogP contribution in [0.25, 0.3) is 0 Å². The van der Waals surface area contributed by atoms with Gasteiger partial charge in [0.25, 0.3) is 0 Å². The van der Waals surface area contributed by atoms with E-state index in [1.54, 1.807) is 0 Å². The largest absolute Gasteiger partial charge is 0.550 e. The van der Waals surface area contributed by atoms with Gasteiger partial charge in [-0.05, 0) is 18.8 Å². The standard InChI is InChI=1S/C44H88O2/c1-3-5-7-9-11-13-15-17-18-19-20-21-22-23-24-25-26-27-28-29-30-32-34-36-38-40-42-43(44(45)46)41-39-37-35-33-31-16-14-12-10-8-6-4-2/h43H,3-42H2,1-2H3,(H,45,46)/p-1. The lowest BCUT2D eigenvalue weighted by molar-refractivity contribution is -0.312. The van der Waals surface area contributed by atoms with E-state index < -0.39 is 5.97 Å². The first kappa shape index (κ1) is 45.5. The molecule has 0 rings (SSSR count). The highest BCUT2D eigenvalue weighted by Gasteiger charge is 2.09. The molecule has 2 heteroatoms. The molecule has 0 aliphatic carbocycles. The first-order chi connectivity index (χ1) is 22.7. The zero-order chi connectivity index (χ0) is 33.4. The smallest absolute Gasteiger partial charge is 0.0445 e. The molecule has 276 valence electrons. The van der Waals surface area contributed by atoms with Gasteiger partial charge in [0.05, 0.1) is 0 Å². The quantitative estimate of drug-likeness (QED) is 0.0619. The van der Waals surface area contributed by atoms with Gasteiger partial charge >= 0.3 is 0 Å². The summed E-state index contributed by atoms with van der Waals surface area (Å²) in [6.45, 7) is 4.58. The van der Waals surface area contributed by atoms with Gasteiger partial charge in [0.15, 0.2) is 0 Å². The molecule has 0 amide bonds. The van der Waals surface area contributed by atoms with Gasteiger partial charge < -0.3 is 9.90 Å². The van der Waals surface area contributed by atoms with Crippen molar-refractivity contribution in [3.63, 3.8) is 0 Å². The number of aliphatic carboxylic acids is 1. The molecular formula is C44H87O2-. The molecule has 0 aromatic heterocycles. The van der Waals surface area contributed by atoms with Crippen LogP contribution in [0, 0.1) is 5.92 Å². The summed E-state index contributed by atoms with van der Waals surface area (Å²) in [5.41, 5.74) is 0. The number of carboxylic acids is 1. The summed E-state index contributed by atoms with van der Waals surface area (Å²) in [7, 11) is 0. The van der Waals surface area contributed by atoms with Crippen LogP contribution in [0.2, 0.25) is 0 Å². The summed E-state index contributed by atoms with van der Waals surface area (Å²) in [6, 6.07) is 0. The molecule has 0 aromatic rings. The zero-order valence-corrected chi connectivity index (χ0v) is 32.2. The van der Waals surface area contributed by atoms with E-state index in [1.807, 2.05) is 0 Å². The van der Waals surface area contributed by atoms with Crippen molar-refractivity contribution in [1.29, 1.82) is 0 Å². The monoisotopic (exact) mass is 648 g/mol. The van der Waals surface area contributed by atoms with Crippen molar-refractivity contribution in [1.82, 2.24) is 0 Å². The van der Waals surface area contributed by atoms with Crippen LogP contribution in [0.1, 0.15) is 271 Å². The molecule has 0 N–H and O–H groups in total. The number of carbonyl (C=O) groups excluding carboxylic acids is 1. The van der Waals surface area contributed by atoms with Gasteiger partial charge in [-0.3, -0.25) is 0 Å². The molecular weight excluding hydrogens is 560 g/mol. The second-order valence-electron chi connectivity index (χ2n) is 15.3. The van der Waals surface area contributed by atoms with Crippen LogP contribution in [-0.4, -0.2) is 5.97 Å². The lowest BCUT2D eigenvalue weighted by Crippen LogP contribution is -2.31. The molecule has 0 spiro atoms. The maximum absolute atomic E-state index is 11.6. The highest BCUT2D eigenvalue weighted by molar-refractivity contribution is 5.67. The van der Waals surface area contributed by atoms with E-state index >= 15 is 0 Å². The Kier molecular flexibility index (Phi) is 40.2. The highest BCUT2D eigenvalue weighted by Crippen LogP contribution is 2.20. The number of hydrogen-bond donors (Lipinski definition) is 0. The molecule has 0 fully saturated rings. The summed E-state index contributed by atoms with van der Waals surface area (Å²) in [5.74, 6) is -1.01. The summed E-state index contributed by atoms with van der Waals surface area (Å²) < 4.78 is 0. The Morgan fingerprint density at radius 2 is 0.457 bits per heavy atom. The predicted molar refractivity (Wildman–Crippen MR) is 205 cm³/mol. The highest BCUT2D eigenvalue weighted by atomic mass is 16.4. The maximum Gasteiger partial charge on any atom is 0.0445 e. The lowest BCUT2D eigenvalue weighted by Gasteiger charge is -2.17. The second-order valence-corrected chi connectivity index (χ2v) is 15.3. The Morgan fingerprint density at radius 1 is 0.304 bits per heavy atom. The van der Waals surface area contributed by atoms with Gasteiger partial charge in [-0.15, -0.1) is 0 Å². The van der Waals surface area contributed by atoms with Gasteiger partial charge in [0.1, 0.15) is 0 Å². The van der Waals surface area contributed by atoms with Crippen molar-refractivity contribution >= 4 is 5.97 Å². The molecule has 46 heavy (non-hydrogen) atoms. The first-order valence-corrected chi connectivity index (χ1v) is 21.9. The topological polar surface area (TPSA) is 40.1 Å². The van der Waals surface area contributed by atoms with Crippen LogP contribution < -0.4 is 5.11 Å². The molecule has 0 bridgehead atoms. The van der Waals surface area contributed by atoms with Crippen molar-refractivity contribution < 1.29 is 9.90 Å². The number of unbranched alkanes of at least 4 members (excludes halogenated alkanes) is 36. The van der Waals surface area contributed by atoms with Crippen molar-refractivity contribution in [2.75, 3.05) is 0 Å². The van der Waals surface area contributed by atoms with E-state index in [1.165, 1.54) is 231 Å². The molecule has 0 aromatic carbocycles. The fourth-order valence-corrected chi connectivity index (χ4v) is 7.32. The molecule has 1 unspecified atom stereocenters. The van der Waals surface area contributed by atoms with Crippen molar-refractivity contribution in [3.05, 3.63) is 0 Å². The van der Waals surface area contributed by atoms with E-state index in [2.05, 4.69) is 13.8 Å². The van der Waals surface area contributed by atoms with Gasteiger partial charge in [-0.2, -0.15) is 0 Å². The predicted octanol–water partition coefficient (Wildman–Crippen LogP) is 15.0. The van der Waals surface area contributed by atoms with Gasteiger partial charge in [-0.1, -0.05) is 258 Å². The molecule has 0 saturated heterocycles. The minimum absolute atomic E-state index is 0.211.